The molecule has 2 aromatic carbocycles. The minimum atomic E-state index is -0.190. The first-order valence-corrected chi connectivity index (χ1v) is 8.19. The molecule has 5 heteroatoms. The lowest BCUT2D eigenvalue weighted by Gasteiger charge is -2.12. The summed E-state index contributed by atoms with van der Waals surface area (Å²) in [6.07, 6.45) is 0. The molecule has 0 aliphatic heterocycles. The Bertz CT molecular complexity index is 684. The van der Waals surface area contributed by atoms with Gasteiger partial charge in [-0.15, -0.1) is 0 Å². The Balaban J connectivity index is 2.11. The van der Waals surface area contributed by atoms with Gasteiger partial charge in [0.05, 0.1) is 13.7 Å². The van der Waals surface area contributed by atoms with Crippen LogP contribution in [0.2, 0.25) is 5.02 Å². The van der Waals surface area contributed by atoms with E-state index in [1.54, 1.807) is 49.6 Å². The Morgan fingerprint density at radius 2 is 1.88 bits per heavy atom. The number of methoxy groups -OCH3 is 1. The molecule has 0 saturated carbocycles. The van der Waals surface area contributed by atoms with Crippen molar-refractivity contribution >= 4 is 23.2 Å². The van der Waals surface area contributed by atoms with E-state index in [0.29, 0.717) is 41.2 Å². The van der Waals surface area contributed by atoms with E-state index in [9.17, 15) is 4.79 Å². The molecule has 2 aromatic rings. The fraction of sp³-hybridized carbons (Fsp3) is 0.316. The van der Waals surface area contributed by atoms with Gasteiger partial charge in [0.25, 0.3) is 5.91 Å². The van der Waals surface area contributed by atoms with E-state index >= 15 is 0 Å². The van der Waals surface area contributed by atoms with E-state index in [-0.39, 0.29) is 5.91 Å². The highest BCUT2D eigenvalue weighted by atomic mass is 35.5. The maximum atomic E-state index is 12.4. The number of nitrogens with one attached hydrogen (secondary N) is 1. The fourth-order valence-corrected chi connectivity index (χ4v) is 2.30. The second kappa shape index (κ2) is 8.71. The van der Waals surface area contributed by atoms with Gasteiger partial charge in [-0.1, -0.05) is 25.4 Å². The predicted molar refractivity (Wildman–Crippen MR) is 96.9 cm³/mol. The van der Waals surface area contributed by atoms with E-state index in [1.807, 2.05) is 0 Å². The van der Waals surface area contributed by atoms with Crippen LogP contribution in [0.25, 0.3) is 0 Å². The number of hydrogen-bond acceptors (Lipinski definition) is 3. The minimum Gasteiger partial charge on any atom is -0.496 e. The summed E-state index contributed by atoms with van der Waals surface area (Å²) in [6.45, 7) is 5.24. The van der Waals surface area contributed by atoms with Crippen molar-refractivity contribution in [1.82, 2.24) is 0 Å². The standard InChI is InChI=1S/C19H22ClNO3/c1-13(2)11-24-12-15-10-14(4-9-18(15)23-3)19(22)21-17-7-5-16(20)6-8-17/h4-10,13H,11-12H2,1-3H3,(H,21,22). The Morgan fingerprint density at radius 3 is 2.50 bits per heavy atom. The highest BCUT2D eigenvalue weighted by Gasteiger charge is 2.11. The maximum Gasteiger partial charge on any atom is 0.255 e. The Hall–Kier alpha value is -2.04. The molecule has 0 bridgehead atoms. The van der Waals surface area contributed by atoms with Gasteiger partial charge in [0.2, 0.25) is 0 Å². The largest absolute Gasteiger partial charge is 0.496 e. The third kappa shape index (κ3) is 5.25. The van der Waals surface area contributed by atoms with E-state index in [1.165, 1.54) is 0 Å². The molecule has 0 aliphatic carbocycles. The summed E-state index contributed by atoms with van der Waals surface area (Å²) in [5, 5.41) is 3.47. The SMILES string of the molecule is COc1ccc(C(=O)Nc2ccc(Cl)cc2)cc1COCC(C)C. The number of anilines is 1. The first kappa shape index (κ1) is 18.3. The van der Waals surface area contributed by atoms with Crippen molar-refractivity contribution < 1.29 is 14.3 Å². The van der Waals surface area contributed by atoms with Crippen LogP contribution >= 0.6 is 11.6 Å². The Kier molecular flexibility index (Phi) is 6.64. The van der Waals surface area contributed by atoms with Gasteiger partial charge >= 0.3 is 0 Å². The van der Waals surface area contributed by atoms with Crippen molar-refractivity contribution in [2.45, 2.75) is 20.5 Å². The van der Waals surface area contributed by atoms with Gasteiger partial charge in [-0.25, -0.2) is 0 Å². The lowest BCUT2D eigenvalue weighted by Crippen LogP contribution is -2.12. The van der Waals surface area contributed by atoms with Gasteiger partial charge < -0.3 is 14.8 Å². The molecule has 0 radical (unpaired) electrons. The highest BCUT2D eigenvalue weighted by Crippen LogP contribution is 2.22. The normalized spacial score (nSPS) is 10.7. The second-order valence-corrected chi connectivity index (χ2v) is 6.33. The van der Waals surface area contributed by atoms with Gasteiger partial charge in [-0.3, -0.25) is 4.79 Å². The quantitative estimate of drug-likeness (QED) is 0.784. The van der Waals surface area contributed by atoms with Crippen LogP contribution in [0.1, 0.15) is 29.8 Å². The lowest BCUT2D eigenvalue weighted by molar-refractivity contribution is 0.0952. The third-order valence-corrected chi connectivity index (χ3v) is 3.61. The van der Waals surface area contributed by atoms with Crippen molar-refractivity contribution in [3.8, 4) is 5.75 Å². The number of carbonyl (C=O) groups is 1. The molecule has 4 nitrogen and oxygen atoms in total. The number of rotatable bonds is 7. The van der Waals surface area contributed by atoms with Crippen molar-refractivity contribution in [3.63, 3.8) is 0 Å². The minimum absolute atomic E-state index is 0.190. The molecule has 0 aromatic heterocycles. The second-order valence-electron chi connectivity index (χ2n) is 5.90. The van der Waals surface area contributed by atoms with Gasteiger partial charge in [0, 0.05) is 28.4 Å². The van der Waals surface area contributed by atoms with Crippen LogP contribution in [0.3, 0.4) is 0 Å². The molecule has 2 rings (SSSR count). The zero-order valence-corrected chi connectivity index (χ0v) is 14.9. The molecule has 0 spiro atoms. The lowest BCUT2D eigenvalue weighted by atomic mass is 10.1. The van der Waals surface area contributed by atoms with Gasteiger partial charge in [0.15, 0.2) is 0 Å². The topological polar surface area (TPSA) is 47.6 Å². The molecule has 0 atom stereocenters. The van der Waals surface area contributed by atoms with Gasteiger partial charge in [-0.2, -0.15) is 0 Å². The van der Waals surface area contributed by atoms with E-state index in [0.717, 1.165) is 5.56 Å². The molecular formula is C19H22ClNO3. The fourth-order valence-electron chi connectivity index (χ4n) is 2.17. The van der Waals surface area contributed by atoms with Crippen molar-refractivity contribution in [3.05, 3.63) is 58.6 Å². The maximum absolute atomic E-state index is 12.4. The van der Waals surface area contributed by atoms with Crippen LogP contribution in [0, 0.1) is 5.92 Å². The summed E-state index contributed by atoms with van der Waals surface area (Å²) in [6, 6.07) is 12.3. The molecule has 1 N–H and O–H groups in total. The molecule has 128 valence electrons. The van der Waals surface area contributed by atoms with Crippen LogP contribution in [0.15, 0.2) is 42.5 Å². The van der Waals surface area contributed by atoms with Crippen molar-refractivity contribution in [1.29, 1.82) is 0 Å². The van der Waals surface area contributed by atoms with Crippen LogP contribution in [-0.4, -0.2) is 19.6 Å². The summed E-state index contributed by atoms with van der Waals surface area (Å²) in [4.78, 5) is 12.4. The predicted octanol–water partition coefficient (Wildman–Crippen LogP) is 4.77. The summed E-state index contributed by atoms with van der Waals surface area (Å²) >= 11 is 5.85. The summed E-state index contributed by atoms with van der Waals surface area (Å²) in [5.74, 6) is 0.972. The Labute approximate surface area is 147 Å². The molecule has 0 fully saturated rings. The van der Waals surface area contributed by atoms with Crippen LogP contribution in [-0.2, 0) is 11.3 Å². The van der Waals surface area contributed by atoms with E-state index in [2.05, 4.69) is 19.2 Å². The highest BCUT2D eigenvalue weighted by molar-refractivity contribution is 6.30. The number of benzene rings is 2. The van der Waals surface area contributed by atoms with E-state index in [4.69, 9.17) is 21.1 Å². The first-order chi connectivity index (χ1) is 11.5. The molecule has 24 heavy (non-hydrogen) atoms. The monoisotopic (exact) mass is 347 g/mol. The number of halogens is 1. The van der Waals surface area contributed by atoms with Gasteiger partial charge in [0.1, 0.15) is 5.75 Å². The van der Waals surface area contributed by atoms with Crippen molar-refractivity contribution in [2.24, 2.45) is 5.92 Å². The summed E-state index contributed by atoms with van der Waals surface area (Å²) in [5.41, 5.74) is 2.09. The van der Waals surface area contributed by atoms with E-state index < -0.39 is 0 Å². The molecule has 0 heterocycles. The summed E-state index contributed by atoms with van der Waals surface area (Å²) < 4.78 is 11.0. The number of carbonyl (C=O) groups excluding carboxylic acids is 1. The van der Waals surface area contributed by atoms with Crippen molar-refractivity contribution in [2.75, 3.05) is 19.0 Å². The van der Waals surface area contributed by atoms with Crippen LogP contribution in [0.5, 0.6) is 5.75 Å². The molecular weight excluding hydrogens is 326 g/mol. The third-order valence-electron chi connectivity index (χ3n) is 3.35. The molecule has 0 unspecified atom stereocenters. The Morgan fingerprint density at radius 1 is 1.17 bits per heavy atom. The molecule has 1 amide bonds. The molecule has 0 aliphatic rings. The number of amides is 1. The average Bonchev–Trinajstić information content (AvgIpc) is 2.56. The van der Waals surface area contributed by atoms with Crippen LogP contribution in [0.4, 0.5) is 5.69 Å². The average molecular weight is 348 g/mol. The molecule has 0 saturated heterocycles. The zero-order valence-electron chi connectivity index (χ0n) is 14.1. The van der Waals surface area contributed by atoms with Crippen LogP contribution < -0.4 is 10.1 Å². The number of hydrogen-bond donors (Lipinski definition) is 1. The summed E-state index contributed by atoms with van der Waals surface area (Å²) in [7, 11) is 1.61. The smallest absolute Gasteiger partial charge is 0.255 e. The number of ether oxygens (including phenoxy) is 2. The zero-order chi connectivity index (χ0) is 17.5. The van der Waals surface area contributed by atoms with Gasteiger partial charge in [-0.05, 0) is 48.4 Å². The first-order valence-electron chi connectivity index (χ1n) is 7.81.